The molecule has 0 aromatic carbocycles. The highest BCUT2D eigenvalue weighted by atomic mass is 16.2. The van der Waals surface area contributed by atoms with E-state index in [1.165, 1.54) is 0 Å². The zero-order chi connectivity index (χ0) is 12.0. The van der Waals surface area contributed by atoms with E-state index in [0.29, 0.717) is 18.8 Å². The van der Waals surface area contributed by atoms with E-state index in [1.54, 1.807) is 12.3 Å². The maximum Gasteiger partial charge on any atom is 0.272 e. The summed E-state index contributed by atoms with van der Waals surface area (Å²) >= 11 is 0. The first-order valence-electron chi connectivity index (χ1n) is 5.74. The Balaban J connectivity index is 2.80. The smallest absolute Gasteiger partial charge is 0.272 e. The number of carbonyl (C=O) groups excluding carboxylic acids is 1. The summed E-state index contributed by atoms with van der Waals surface area (Å²) in [6.07, 6.45) is 3.47. The molecule has 0 aliphatic carbocycles. The number of H-pyrrole nitrogens is 1. The number of nitrogens with zero attached hydrogens (tertiary/aromatic N) is 2. The minimum Gasteiger partial charge on any atom is -0.333 e. The van der Waals surface area contributed by atoms with Gasteiger partial charge in [0.1, 0.15) is 5.69 Å². The van der Waals surface area contributed by atoms with Gasteiger partial charge >= 0.3 is 0 Å². The number of aromatic amines is 1. The van der Waals surface area contributed by atoms with Crippen molar-refractivity contribution in [2.75, 3.05) is 13.1 Å². The fourth-order valence-electron chi connectivity index (χ4n) is 1.85. The molecule has 0 aliphatic heterocycles. The predicted molar refractivity (Wildman–Crippen MR) is 63.0 cm³/mol. The van der Waals surface area contributed by atoms with Crippen LogP contribution in [0.15, 0.2) is 12.3 Å². The zero-order valence-corrected chi connectivity index (χ0v) is 9.94. The van der Waals surface area contributed by atoms with Crippen LogP contribution in [0.5, 0.6) is 0 Å². The summed E-state index contributed by atoms with van der Waals surface area (Å²) in [6.45, 7) is 5.23. The van der Waals surface area contributed by atoms with E-state index in [1.807, 2.05) is 4.90 Å². The van der Waals surface area contributed by atoms with E-state index >= 15 is 0 Å². The second-order valence-electron chi connectivity index (χ2n) is 3.73. The normalized spacial score (nSPS) is 10.8. The van der Waals surface area contributed by atoms with Crippen molar-refractivity contribution < 1.29 is 4.79 Å². The van der Waals surface area contributed by atoms with Crippen molar-refractivity contribution in [2.45, 2.75) is 32.7 Å². The van der Waals surface area contributed by atoms with Crippen molar-refractivity contribution in [3.63, 3.8) is 0 Å². The molecule has 1 rings (SSSR count). The molecule has 3 N–H and O–H groups in total. The molecular weight excluding hydrogens is 204 g/mol. The molecule has 0 atom stereocenters. The fraction of sp³-hybridized carbons (Fsp3) is 0.636. The maximum absolute atomic E-state index is 12.2. The Bertz CT molecular complexity index is 306. The van der Waals surface area contributed by atoms with Crippen LogP contribution in [-0.2, 0) is 0 Å². The summed E-state index contributed by atoms with van der Waals surface area (Å²) in [5.41, 5.74) is 6.08. The second kappa shape index (κ2) is 6.27. The summed E-state index contributed by atoms with van der Waals surface area (Å²) in [7, 11) is 0. The molecule has 0 radical (unpaired) electrons. The SMILES string of the molecule is CCC(CC)N(CCN)C(=O)c1ccn[nH]1. The average molecular weight is 224 g/mol. The lowest BCUT2D eigenvalue weighted by molar-refractivity contribution is 0.0668. The van der Waals surface area contributed by atoms with Gasteiger partial charge in [0, 0.05) is 25.3 Å². The van der Waals surface area contributed by atoms with E-state index < -0.39 is 0 Å². The maximum atomic E-state index is 12.2. The van der Waals surface area contributed by atoms with Crippen molar-refractivity contribution in [1.82, 2.24) is 15.1 Å². The molecule has 1 amide bonds. The Morgan fingerprint density at radius 1 is 1.56 bits per heavy atom. The molecule has 0 unspecified atom stereocenters. The number of aromatic nitrogens is 2. The Morgan fingerprint density at radius 2 is 2.25 bits per heavy atom. The molecule has 0 bridgehead atoms. The number of amides is 1. The first kappa shape index (κ1) is 12.7. The van der Waals surface area contributed by atoms with Crippen molar-refractivity contribution in [3.8, 4) is 0 Å². The molecule has 1 heterocycles. The molecule has 0 saturated heterocycles. The number of hydrogen-bond acceptors (Lipinski definition) is 3. The molecule has 0 aliphatic rings. The third-order valence-electron chi connectivity index (χ3n) is 2.75. The van der Waals surface area contributed by atoms with E-state index in [0.717, 1.165) is 12.8 Å². The van der Waals surface area contributed by atoms with Crippen molar-refractivity contribution in [2.24, 2.45) is 5.73 Å². The van der Waals surface area contributed by atoms with Gasteiger partial charge in [0.05, 0.1) is 0 Å². The number of hydrogen-bond donors (Lipinski definition) is 2. The number of rotatable bonds is 6. The van der Waals surface area contributed by atoms with Gasteiger partial charge in [-0.1, -0.05) is 13.8 Å². The molecule has 0 fully saturated rings. The average Bonchev–Trinajstić information content (AvgIpc) is 2.82. The first-order valence-corrected chi connectivity index (χ1v) is 5.74. The highest BCUT2D eigenvalue weighted by Crippen LogP contribution is 2.11. The highest BCUT2D eigenvalue weighted by molar-refractivity contribution is 5.92. The number of nitrogens with one attached hydrogen (secondary N) is 1. The molecule has 1 aromatic rings. The van der Waals surface area contributed by atoms with Crippen LogP contribution in [0.1, 0.15) is 37.2 Å². The van der Waals surface area contributed by atoms with Gasteiger partial charge < -0.3 is 10.6 Å². The van der Waals surface area contributed by atoms with Gasteiger partial charge in [-0.05, 0) is 18.9 Å². The third-order valence-corrected chi connectivity index (χ3v) is 2.75. The van der Waals surface area contributed by atoms with Crippen LogP contribution < -0.4 is 5.73 Å². The van der Waals surface area contributed by atoms with Crippen LogP contribution in [0.3, 0.4) is 0 Å². The molecule has 5 nitrogen and oxygen atoms in total. The van der Waals surface area contributed by atoms with Crippen molar-refractivity contribution >= 4 is 5.91 Å². The van der Waals surface area contributed by atoms with E-state index in [2.05, 4.69) is 24.0 Å². The largest absolute Gasteiger partial charge is 0.333 e. The molecular formula is C11H20N4O. The minimum atomic E-state index is -0.0170. The van der Waals surface area contributed by atoms with Gasteiger partial charge in [-0.2, -0.15) is 5.10 Å². The Hall–Kier alpha value is -1.36. The summed E-state index contributed by atoms with van der Waals surface area (Å²) in [4.78, 5) is 14.0. The van der Waals surface area contributed by atoms with E-state index in [4.69, 9.17) is 5.73 Å². The van der Waals surface area contributed by atoms with Gasteiger partial charge in [-0.25, -0.2) is 0 Å². The molecule has 0 saturated carbocycles. The predicted octanol–water partition coefficient (Wildman–Crippen LogP) is 0.999. The monoisotopic (exact) mass is 224 g/mol. The lowest BCUT2D eigenvalue weighted by Gasteiger charge is -2.29. The van der Waals surface area contributed by atoms with Gasteiger partial charge in [-0.15, -0.1) is 0 Å². The number of carbonyl (C=O) groups is 1. The van der Waals surface area contributed by atoms with E-state index in [-0.39, 0.29) is 11.9 Å². The van der Waals surface area contributed by atoms with Crippen LogP contribution >= 0.6 is 0 Å². The van der Waals surface area contributed by atoms with Crippen molar-refractivity contribution in [3.05, 3.63) is 18.0 Å². The van der Waals surface area contributed by atoms with Gasteiger partial charge in [0.25, 0.3) is 5.91 Å². The van der Waals surface area contributed by atoms with Gasteiger partial charge in [-0.3, -0.25) is 9.89 Å². The number of nitrogens with two attached hydrogens (primary N) is 1. The summed E-state index contributed by atoms with van der Waals surface area (Å²) in [6, 6.07) is 1.94. The standard InChI is InChI=1S/C11H20N4O/c1-3-9(4-2)15(8-6-12)11(16)10-5-7-13-14-10/h5,7,9H,3-4,6,8,12H2,1-2H3,(H,13,14). The Labute approximate surface area is 96.0 Å². The first-order chi connectivity index (χ1) is 7.74. The lowest BCUT2D eigenvalue weighted by atomic mass is 10.1. The summed E-state index contributed by atoms with van der Waals surface area (Å²) < 4.78 is 0. The third kappa shape index (κ3) is 2.82. The van der Waals surface area contributed by atoms with Crippen LogP contribution in [0, 0.1) is 0 Å². The Morgan fingerprint density at radius 3 is 2.69 bits per heavy atom. The van der Waals surface area contributed by atoms with E-state index in [9.17, 15) is 4.79 Å². The fourth-order valence-corrected chi connectivity index (χ4v) is 1.85. The van der Waals surface area contributed by atoms with Crippen LogP contribution in [0.2, 0.25) is 0 Å². The zero-order valence-electron chi connectivity index (χ0n) is 9.94. The molecule has 0 spiro atoms. The van der Waals surface area contributed by atoms with Crippen LogP contribution in [0.4, 0.5) is 0 Å². The summed E-state index contributed by atoms with van der Waals surface area (Å²) in [5.74, 6) is -0.0170. The molecule has 5 heteroatoms. The van der Waals surface area contributed by atoms with Gasteiger partial charge in [0.2, 0.25) is 0 Å². The molecule has 90 valence electrons. The lowest BCUT2D eigenvalue weighted by Crippen LogP contribution is -2.42. The van der Waals surface area contributed by atoms with Gasteiger partial charge in [0.15, 0.2) is 0 Å². The second-order valence-corrected chi connectivity index (χ2v) is 3.73. The molecule has 1 aromatic heterocycles. The van der Waals surface area contributed by atoms with Crippen LogP contribution in [0.25, 0.3) is 0 Å². The minimum absolute atomic E-state index is 0.0170. The van der Waals surface area contributed by atoms with Crippen LogP contribution in [-0.4, -0.2) is 40.1 Å². The van der Waals surface area contributed by atoms with Crippen molar-refractivity contribution in [1.29, 1.82) is 0 Å². The summed E-state index contributed by atoms with van der Waals surface area (Å²) in [5, 5.41) is 6.49. The Kier molecular flexibility index (Phi) is 4.98. The topological polar surface area (TPSA) is 75.0 Å². The molecule has 16 heavy (non-hydrogen) atoms. The highest BCUT2D eigenvalue weighted by Gasteiger charge is 2.22. The quantitative estimate of drug-likeness (QED) is 0.757.